The molecule has 0 aliphatic carbocycles. The first-order valence-electron chi connectivity index (χ1n) is 8.44. The van der Waals surface area contributed by atoms with E-state index in [9.17, 15) is 18.0 Å². The van der Waals surface area contributed by atoms with Crippen molar-refractivity contribution in [3.05, 3.63) is 46.7 Å². The molecule has 0 aliphatic heterocycles. The van der Waals surface area contributed by atoms with Crippen molar-refractivity contribution >= 4 is 38.9 Å². The van der Waals surface area contributed by atoms with Gasteiger partial charge in [0.15, 0.2) is 6.61 Å². The average molecular weight is 411 g/mol. The first-order valence-corrected chi connectivity index (χ1v) is 10.8. The topological polar surface area (TPSA) is 92.8 Å². The van der Waals surface area contributed by atoms with Crippen molar-refractivity contribution in [2.45, 2.75) is 25.2 Å². The van der Waals surface area contributed by atoms with Crippen LogP contribution in [0.15, 0.2) is 46.7 Å². The zero-order valence-corrected chi connectivity index (χ0v) is 16.8. The number of amides is 1. The Hall–Kier alpha value is -2.23. The molecule has 0 radical (unpaired) electrons. The Kier molecular flexibility index (Phi) is 7.52. The second kappa shape index (κ2) is 9.63. The minimum Gasteiger partial charge on any atom is -0.455 e. The summed E-state index contributed by atoms with van der Waals surface area (Å²) in [6, 6.07) is 9.53. The van der Waals surface area contributed by atoms with E-state index in [-0.39, 0.29) is 11.3 Å². The summed E-state index contributed by atoms with van der Waals surface area (Å²) in [5.74, 6) is -0.970. The van der Waals surface area contributed by atoms with Crippen molar-refractivity contribution in [2.24, 2.45) is 0 Å². The zero-order chi connectivity index (χ0) is 19.9. The van der Waals surface area contributed by atoms with Crippen molar-refractivity contribution in [1.29, 1.82) is 0 Å². The Morgan fingerprint density at radius 3 is 2.33 bits per heavy atom. The van der Waals surface area contributed by atoms with Crippen LogP contribution < -0.4 is 5.32 Å². The van der Waals surface area contributed by atoms with Gasteiger partial charge in [0.05, 0.1) is 11.3 Å². The fourth-order valence-electron chi connectivity index (χ4n) is 2.37. The van der Waals surface area contributed by atoms with Crippen LogP contribution in [0.5, 0.6) is 0 Å². The van der Waals surface area contributed by atoms with Crippen LogP contribution in [-0.2, 0) is 30.8 Å². The van der Waals surface area contributed by atoms with E-state index in [1.165, 1.54) is 39.9 Å². The Bertz CT molecular complexity index is 858. The lowest BCUT2D eigenvalue weighted by molar-refractivity contribution is -0.146. The molecule has 0 spiro atoms. The lowest BCUT2D eigenvalue weighted by Gasteiger charge is -2.18. The van der Waals surface area contributed by atoms with Gasteiger partial charge in [-0.2, -0.15) is 4.31 Å². The highest BCUT2D eigenvalue weighted by atomic mass is 32.2. The molecule has 0 atom stereocenters. The zero-order valence-electron chi connectivity index (χ0n) is 15.2. The van der Waals surface area contributed by atoms with Crippen LogP contribution in [0, 0.1) is 0 Å². The molecule has 2 aromatic rings. The molecule has 0 unspecified atom stereocenters. The molecule has 1 amide bonds. The number of esters is 1. The number of nitrogens with one attached hydrogen (secondary N) is 1. The van der Waals surface area contributed by atoms with E-state index < -0.39 is 28.5 Å². The number of benzene rings is 1. The van der Waals surface area contributed by atoms with E-state index in [1.54, 1.807) is 13.8 Å². The predicted octanol–water partition coefficient (Wildman–Crippen LogP) is 2.50. The first-order chi connectivity index (χ1) is 12.9. The first kappa shape index (κ1) is 21.1. The molecule has 9 heteroatoms. The number of ether oxygens (including phenoxy) is 1. The summed E-state index contributed by atoms with van der Waals surface area (Å²) in [4.78, 5) is 24.6. The van der Waals surface area contributed by atoms with E-state index >= 15 is 0 Å². The van der Waals surface area contributed by atoms with Crippen molar-refractivity contribution in [1.82, 2.24) is 4.31 Å². The van der Waals surface area contributed by atoms with Gasteiger partial charge < -0.3 is 10.1 Å². The summed E-state index contributed by atoms with van der Waals surface area (Å²) >= 11 is 1.44. The van der Waals surface area contributed by atoms with Crippen molar-refractivity contribution in [3.8, 4) is 0 Å². The maximum Gasteiger partial charge on any atom is 0.311 e. The molecular formula is C18H22N2O5S2. The maximum atomic E-state index is 12.4. The van der Waals surface area contributed by atoms with Gasteiger partial charge in [-0.05, 0) is 35.7 Å². The van der Waals surface area contributed by atoms with Gasteiger partial charge in [0, 0.05) is 23.7 Å². The number of sulfonamides is 1. The van der Waals surface area contributed by atoms with Crippen LogP contribution in [0.2, 0.25) is 0 Å². The summed E-state index contributed by atoms with van der Waals surface area (Å²) in [5, 5.41) is 4.43. The summed E-state index contributed by atoms with van der Waals surface area (Å²) < 4.78 is 31.1. The molecule has 1 aromatic heterocycles. The number of rotatable bonds is 9. The lowest BCUT2D eigenvalue weighted by Crippen LogP contribution is -2.30. The SMILES string of the molecule is CCN(CC)S(=O)(=O)c1ccc(NC(=O)COC(=O)Cc2cccs2)cc1. The van der Waals surface area contributed by atoms with E-state index in [0.29, 0.717) is 18.8 Å². The molecule has 0 fully saturated rings. The van der Waals surface area contributed by atoms with Crippen LogP contribution in [0.25, 0.3) is 0 Å². The number of hydrogen-bond acceptors (Lipinski definition) is 6. The standard InChI is InChI=1S/C18H22N2O5S2/c1-3-20(4-2)27(23,24)16-9-7-14(8-10-16)19-17(21)13-25-18(22)12-15-6-5-11-26-15/h5-11H,3-4,12-13H2,1-2H3,(H,19,21). The molecule has 0 aliphatic rings. The number of carbonyl (C=O) groups is 2. The highest BCUT2D eigenvalue weighted by molar-refractivity contribution is 7.89. The summed E-state index contributed by atoms with van der Waals surface area (Å²) in [7, 11) is -3.54. The van der Waals surface area contributed by atoms with Crippen molar-refractivity contribution in [2.75, 3.05) is 25.0 Å². The highest BCUT2D eigenvalue weighted by Gasteiger charge is 2.21. The van der Waals surface area contributed by atoms with Gasteiger partial charge in [0.2, 0.25) is 10.0 Å². The quantitative estimate of drug-likeness (QED) is 0.641. The normalized spacial score (nSPS) is 11.4. The molecular weight excluding hydrogens is 388 g/mol. The van der Waals surface area contributed by atoms with Crippen LogP contribution in [-0.4, -0.2) is 44.3 Å². The number of hydrogen-bond donors (Lipinski definition) is 1. The van der Waals surface area contributed by atoms with E-state index in [0.717, 1.165) is 4.88 Å². The van der Waals surface area contributed by atoms with Gasteiger partial charge in [0.1, 0.15) is 0 Å². The molecule has 146 valence electrons. The van der Waals surface area contributed by atoms with Crippen molar-refractivity contribution < 1.29 is 22.7 Å². The molecule has 0 saturated heterocycles. The Morgan fingerprint density at radius 2 is 1.78 bits per heavy atom. The molecule has 2 rings (SSSR count). The minimum atomic E-state index is -3.54. The maximum absolute atomic E-state index is 12.4. The van der Waals surface area contributed by atoms with Crippen LogP contribution >= 0.6 is 11.3 Å². The molecule has 1 aromatic carbocycles. The molecule has 0 saturated carbocycles. The highest BCUT2D eigenvalue weighted by Crippen LogP contribution is 2.18. The smallest absolute Gasteiger partial charge is 0.311 e. The van der Waals surface area contributed by atoms with Crippen LogP contribution in [0.3, 0.4) is 0 Å². The molecule has 1 N–H and O–H groups in total. The second-order valence-electron chi connectivity index (χ2n) is 5.58. The second-order valence-corrected chi connectivity index (χ2v) is 8.55. The summed E-state index contributed by atoms with van der Waals surface area (Å²) in [6.07, 6.45) is 0.128. The summed E-state index contributed by atoms with van der Waals surface area (Å²) in [6.45, 7) is 3.91. The largest absolute Gasteiger partial charge is 0.455 e. The van der Waals surface area contributed by atoms with Crippen LogP contribution in [0.4, 0.5) is 5.69 Å². The minimum absolute atomic E-state index is 0.128. The fraction of sp³-hybridized carbons (Fsp3) is 0.333. The third-order valence-electron chi connectivity index (χ3n) is 3.74. The average Bonchev–Trinajstić information content (AvgIpc) is 3.14. The lowest BCUT2D eigenvalue weighted by atomic mass is 10.3. The number of anilines is 1. The van der Waals surface area contributed by atoms with E-state index in [2.05, 4.69) is 5.32 Å². The Balaban J connectivity index is 1.88. The van der Waals surface area contributed by atoms with Gasteiger partial charge in [-0.25, -0.2) is 8.42 Å². The monoisotopic (exact) mass is 410 g/mol. The molecule has 1 heterocycles. The van der Waals surface area contributed by atoms with E-state index in [1.807, 2.05) is 17.5 Å². The predicted molar refractivity (Wildman–Crippen MR) is 104 cm³/mol. The third kappa shape index (κ3) is 5.88. The molecule has 27 heavy (non-hydrogen) atoms. The molecule has 7 nitrogen and oxygen atoms in total. The third-order valence-corrected chi connectivity index (χ3v) is 6.68. The summed E-state index contributed by atoms with van der Waals surface area (Å²) in [5.41, 5.74) is 0.424. The van der Waals surface area contributed by atoms with Gasteiger partial charge >= 0.3 is 5.97 Å². The van der Waals surface area contributed by atoms with Gasteiger partial charge in [-0.1, -0.05) is 19.9 Å². The number of nitrogens with zero attached hydrogens (tertiary/aromatic N) is 1. The Morgan fingerprint density at radius 1 is 1.11 bits per heavy atom. The fourth-order valence-corrected chi connectivity index (χ4v) is 4.52. The number of thiophene rings is 1. The van der Waals surface area contributed by atoms with Crippen molar-refractivity contribution in [3.63, 3.8) is 0 Å². The molecule has 0 bridgehead atoms. The number of carbonyl (C=O) groups excluding carboxylic acids is 2. The van der Waals surface area contributed by atoms with Gasteiger partial charge in [-0.3, -0.25) is 9.59 Å². The Labute approximate surface area is 163 Å². The van der Waals surface area contributed by atoms with Gasteiger partial charge in [0.25, 0.3) is 5.91 Å². The van der Waals surface area contributed by atoms with Crippen LogP contribution in [0.1, 0.15) is 18.7 Å². The van der Waals surface area contributed by atoms with Gasteiger partial charge in [-0.15, -0.1) is 11.3 Å². The van der Waals surface area contributed by atoms with E-state index in [4.69, 9.17) is 4.74 Å².